The van der Waals surface area contributed by atoms with Crippen LogP contribution in [0.5, 0.6) is 11.5 Å². The molecule has 0 atom stereocenters. The van der Waals surface area contributed by atoms with Gasteiger partial charge in [0, 0.05) is 39.0 Å². The lowest BCUT2D eigenvalue weighted by molar-refractivity contribution is 0.103. The smallest absolute Gasteiger partial charge is 0.195 e. The number of fused-ring (bicyclic) bond motifs is 1. The molecule has 0 amide bonds. The summed E-state index contributed by atoms with van der Waals surface area (Å²) < 4.78 is 11.8. The minimum Gasteiger partial charge on any atom is -0.486 e. The van der Waals surface area contributed by atoms with E-state index in [0.29, 0.717) is 57.6 Å². The molecule has 5 nitrogen and oxygen atoms in total. The molecule has 0 radical (unpaired) electrons. The van der Waals surface area contributed by atoms with Crippen LogP contribution in [-0.2, 0) is 6.54 Å². The minimum atomic E-state index is -0.131. The molecule has 8 heteroatoms. The number of hydrogen-bond acceptors (Lipinski definition) is 6. The van der Waals surface area contributed by atoms with Gasteiger partial charge in [0.25, 0.3) is 0 Å². The van der Waals surface area contributed by atoms with Crippen LogP contribution >= 0.6 is 34.5 Å². The van der Waals surface area contributed by atoms with Crippen LogP contribution in [0.25, 0.3) is 0 Å². The molecular formula is C19H14Cl2N2O3S. The van der Waals surface area contributed by atoms with Crippen LogP contribution in [0.4, 0.5) is 5.69 Å². The van der Waals surface area contributed by atoms with Gasteiger partial charge in [-0.3, -0.25) is 4.79 Å². The molecule has 1 N–H and O–H groups in total. The summed E-state index contributed by atoms with van der Waals surface area (Å²) >= 11 is 13.2. The summed E-state index contributed by atoms with van der Waals surface area (Å²) in [6.07, 6.45) is 1.71. The van der Waals surface area contributed by atoms with Gasteiger partial charge in [0.15, 0.2) is 21.7 Å². The number of carbonyl (C=O) groups is 1. The van der Waals surface area contributed by atoms with Gasteiger partial charge in [0.05, 0.1) is 6.54 Å². The van der Waals surface area contributed by atoms with Crippen LogP contribution in [0.2, 0.25) is 9.49 Å². The lowest BCUT2D eigenvalue weighted by Crippen LogP contribution is -2.17. The first kappa shape index (κ1) is 18.1. The topological polar surface area (TPSA) is 60.5 Å². The molecule has 0 aliphatic carbocycles. The molecule has 0 spiro atoms. The number of thiazole rings is 1. The number of anilines is 1. The van der Waals surface area contributed by atoms with E-state index in [0.717, 1.165) is 4.88 Å². The van der Waals surface area contributed by atoms with Crippen molar-refractivity contribution in [2.45, 2.75) is 6.54 Å². The maximum Gasteiger partial charge on any atom is 0.195 e. The van der Waals surface area contributed by atoms with Crippen molar-refractivity contribution < 1.29 is 14.3 Å². The van der Waals surface area contributed by atoms with E-state index in [2.05, 4.69) is 10.3 Å². The second-order valence-corrected chi connectivity index (χ2v) is 7.94. The van der Waals surface area contributed by atoms with Gasteiger partial charge in [-0.1, -0.05) is 23.2 Å². The number of nitrogens with one attached hydrogen (secondary N) is 1. The monoisotopic (exact) mass is 420 g/mol. The molecular weight excluding hydrogens is 407 g/mol. The van der Waals surface area contributed by atoms with Gasteiger partial charge < -0.3 is 14.8 Å². The highest BCUT2D eigenvalue weighted by Crippen LogP contribution is 2.37. The highest BCUT2D eigenvalue weighted by Gasteiger charge is 2.21. The summed E-state index contributed by atoms with van der Waals surface area (Å²) in [4.78, 5) is 18.1. The molecule has 1 aromatic heterocycles. The Kier molecular flexibility index (Phi) is 5.20. The van der Waals surface area contributed by atoms with Crippen LogP contribution < -0.4 is 14.8 Å². The Morgan fingerprint density at radius 1 is 1.11 bits per heavy atom. The molecule has 1 aliphatic rings. The number of nitrogens with zero attached hydrogens (tertiary/aromatic N) is 1. The van der Waals surface area contributed by atoms with Crippen LogP contribution in [0.3, 0.4) is 0 Å². The Balaban J connectivity index is 1.69. The quantitative estimate of drug-likeness (QED) is 0.584. The standard InChI is InChI=1S/C19H14Cl2N2O3S/c20-12-3-1-11(2-4-12)18(24)14-7-16-17(26-6-5-25-16)8-15(14)22-9-13-10-23-19(21)27-13/h1-4,7-8,10,22H,5-6,9H2. The zero-order valence-corrected chi connectivity index (χ0v) is 16.3. The molecule has 0 fully saturated rings. The van der Waals surface area contributed by atoms with Gasteiger partial charge in [-0.2, -0.15) is 0 Å². The number of carbonyl (C=O) groups excluding carboxylic acids is 1. The summed E-state index contributed by atoms with van der Waals surface area (Å²) in [5.74, 6) is 1.04. The van der Waals surface area contributed by atoms with Gasteiger partial charge in [-0.15, -0.1) is 11.3 Å². The largest absolute Gasteiger partial charge is 0.486 e. The average Bonchev–Trinajstić information content (AvgIpc) is 3.11. The molecule has 3 aromatic rings. The van der Waals surface area contributed by atoms with Crippen molar-refractivity contribution in [2.75, 3.05) is 18.5 Å². The molecule has 2 aromatic carbocycles. The highest BCUT2D eigenvalue weighted by atomic mass is 35.5. The first-order valence-electron chi connectivity index (χ1n) is 8.18. The van der Waals surface area contributed by atoms with E-state index < -0.39 is 0 Å². The van der Waals surface area contributed by atoms with Crippen LogP contribution in [0.15, 0.2) is 42.6 Å². The summed E-state index contributed by atoms with van der Waals surface area (Å²) in [6, 6.07) is 10.3. The van der Waals surface area contributed by atoms with Crippen molar-refractivity contribution in [1.82, 2.24) is 4.98 Å². The van der Waals surface area contributed by atoms with Crippen molar-refractivity contribution >= 4 is 46.0 Å². The van der Waals surface area contributed by atoms with Crippen molar-refractivity contribution in [3.05, 3.63) is 68.1 Å². The van der Waals surface area contributed by atoms with Gasteiger partial charge in [-0.05, 0) is 30.3 Å². The first-order chi connectivity index (χ1) is 13.1. The number of hydrogen-bond donors (Lipinski definition) is 1. The summed E-state index contributed by atoms with van der Waals surface area (Å²) in [5, 5.41) is 3.86. The molecule has 1 aliphatic heterocycles. The van der Waals surface area contributed by atoms with Gasteiger partial charge in [0.2, 0.25) is 0 Å². The van der Waals surface area contributed by atoms with E-state index in [1.54, 1.807) is 42.6 Å². The zero-order valence-electron chi connectivity index (χ0n) is 14.0. The third-order valence-electron chi connectivity index (χ3n) is 4.01. The molecule has 0 unspecified atom stereocenters. The Labute approximate surface area is 169 Å². The summed E-state index contributed by atoms with van der Waals surface area (Å²) in [5.41, 5.74) is 1.70. The number of halogens is 2. The maximum absolute atomic E-state index is 13.1. The van der Waals surface area contributed by atoms with Crippen LogP contribution in [-0.4, -0.2) is 24.0 Å². The van der Waals surface area contributed by atoms with E-state index >= 15 is 0 Å². The molecule has 27 heavy (non-hydrogen) atoms. The maximum atomic E-state index is 13.1. The predicted molar refractivity (Wildman–Crippen MR) is 107 cm³/mol. The number of aromatic nitrogens is 1. The van der Waals surface area contributed by atoms with Gasteiger partial charge in [0.1, 0.15) is 13.2 Å². The number of rotatable bonds is 5. The third-order valence-corrected chi connectivity index (χ3v) is 5.38. The summed E-state index contributed by atoms with van der Waals surface area (Å²) in [6.45, 7) is 1.42. The fourth-order valence-corrected chi connectivity index (χ4v) is 3.77. The predicted octanol–water partition coefficient (Wildman–Crippen LogP) is 5.06. The Hall–Kier alpha value is -2.28. The fraction of sp³-hybridized carbons (Fsp3) is 0.158. The van der Waals surface area contributed by atoms with E-state index in [9.17, 15) is 4.79 Å². The molecule has 2 heterocycles. The number of ketones is 1. The Morgan fingerprint density at radius 3 is 2.48 bits per heavy atom. The molecule has 138 valence electrons. The Bertz CT molecular complexity index is 989. The van der Waals surface area contributed by atoms with Crippen LogP contribution in [0, 0.1) is 0 Å². The van der Waals surface area contributed by atoms with E-state index in [-0.39, 0.29) is 5.78 Å². The Morgan fingerprint density at radius 2 is 1.81 bits per heavy atom. The average molecular weight is 421 g/mol. The summed E-state index contributed by atoms with van der Waals surface area (Å²) in [7, 11) is 0. The lowest BCUT2D eigenvalue weighted by atomic mass is 10.0. The van der Waals surface area contributed by atoms with Gasteiger partial charge in [-0.25, -0.2) is 4.98 Å². The van der Waals surface area contributed by atoms with Crippen LogP contribution in [0.1, 0.15) is 20.8 Å². The highest BCUT2D eigenvalue weighted by molar-refractivity contribution is 7.15. The van der Waals surface area contributed by atoms with Crippen molar-refractivity contribution in [2.24, 2.45) is 0 Å². The molecule has 0 saturated carbocycles. The van der Waals surface area contributed by atoms with Crippen molar-refractivity contribution in [3.63, 3.8) is 0 Å². The molecule has 0 bridgehead atoms. The second-order valence-electron chi connectivity index (χ2n) is 5.81. The fourth-order valence-electron chi connectivity index (χ4n) is 2.73. The van der Waals surface area contributed by atoms with E-state index in [1.165, 1.54) is 11.3 Å². The first-order valence-corrected chi connectivity index (χ1v) is 9.75. The second kappa shape index (κ2) is 7.76. The molecule has 4 rings (SSSR count). The normalized spacial score (nSPS) is 12.7. The SMILES string of the molecule is O=C(c1ccc(Cl)cc1)c1cc2c(cc1NCc1cnc(Cl)s1)OCCO2. The lowest BCUT2D eigenvalue weighted by Gasteiger charge is -2.21. The van der Waals surface area contributed by atoms with Crippen molar-refractivity contribution in [1.29, 1.82) is 0 Å². The molecule has 0 saturated heterocycles. The van der Waals surface area contributed by atoms with E-state index in [1.807, 2.05) is 0 Å². The number of benzene rings is 2. The number of ether oxygens (including phenoxy) is 2. The minimum absolute atomic E-state index is 0.131. The zero-order chi connectivity index (χ0) is 18.8. The van der Waals surface area contributed by atoms with Gasteiger partial charge >= 0.3 is 0 Å². The third kappa shape index (κ3) is 4.03. The van der Waals surface area contributed by atoms with E-state index in [4.69, 9.17) is 32.7 Å². The van der Waals surface area contributed by atoms with Crippen molar-refractivity contribution in [3.8, 4) is 11.5 Å².